The van der Waals surface area contributed by atoms with E-state index in [-0.39, 0.29) is 36.2 Å². The maximum Gasteiger partial charge on any atom is 0.240 e. The van der Waals surface area contributed by atoms with Gasteiger partial charge in [0.15, 0.2) is 0 Å². The lowest BCUT2D eigenvalue weighted by Crippen LogP contribution is -2.22. The number of aromatic hydroxyl groups is 2. The minimum absolute atomic E-state index is 0.0827. The lowest BCUT2D eigenvalue weighted by molar-refractivity contribution is -0.122. The van der Waals surface area contributed by atoms with Gasteiger partial charge in [-0.15, -0.1) is 0 Å². The van der Waals surface area contributed by atoms with Crippen LogP contribution in [0.15, 0.2) is 58.7 Å². The summed E-state index contributed by atoms with van der Waals surface area (Å²) in [6.45, 7) is 3.35. The quantitative estimate of drug-likeness (QED) is 0.404. The molecule has 0 saturated carbocycles. The van der Waals surface area contributed by atoms with E-state index >= 15 is 0 Å². The number of nitrogens with zero attached hydrogens (tertiary/aromatic N) is 2. The van der Waals surface area contributed by atoms with Crippen LogP contribution in [0.2, 0.25) is 0 Å². The van der Waals surface area contributed by atoms with Crippen LogP contribution < -0.4 is 10.9 Å². The highest BCUT2D eigenvalue weighted by Crippen LogP contribution is 2.17. The van der Waals surface area contributed by atoms with Crippen LogP contribution in [-0.2, 0) is 9.59 Å². The molecule has 8 nitrogen and oxygen atoms in total. The van der Waals surface area contributed by atoms with Gasteiger partial charge in [-0.1, -0.05) is 24.3 Å². The molecular formula is C21H24N4O4. The first-order chi connectivity index (χ1) is 13.9. The molecule has 0 unspecified atom stereocenters. The molecule has 152 valence electrons. The van der Waals surface area contributed by atoms with Gasteiger partial charge in [0, 0.05) is 24.0 Å². The highest BCUT2D eigenvalue weighted by atomic mass is 16.3. The number of benzene rings is 2. The van der Waals surface area contributed by atoms with Crippen LogP contribution in [0.25, 0.3) is 0 Å². The summed E-state index contributed by atoms with van der Waals surface area (Å²) in [5.74, 6) is -0.499. The van der Waals surface area contributed by atoms with Gasteiger partial charge >= 0.3 is 0 Å². The van der Waals surface area contributed by atoms with Crippen molar-refractivity contribution >= 4 is 23.2 Å². The molecule has 0 heterocycles. The van der Waals surface area contributed by atoms with Gasteiger partial charge in [0.05, 0.1) is 11.4 Å². The van der Waals surface area contributed by atoms with Crippen molar-refractivity contribution in [3.05, 3.63) is 59.7 Å². The minimum Gasteiger partial charge on any atom is -0.507 e. The van der Waals surface area contributed by atoms with Gasteiger partial charge < -0.3 is 10.2 Å². The van der Waals surface area contributed by atoms with Gasteiger partial charge in [-0.25, -0.2) is 10.9 Å². The number of nitrogens with one attached hydrogen (secondary N) is 2. The number of rotatable bonds is 8. The first kappa shape index (κ1) is 21.6. The van der Waals surface area contributed by atoms with Crippen molar-refractivity contribution in [2.45, 2.75) is 33.1 Å². The summed E-state index contributed by atoms with van der Waals surface area (Å²) in [4.78, 5) is 23.7. The van der Waals surface area contributed by atoms with E-state index in [1.54, 1.807) is 50.2 Å². The summed E-state index contributed by atoms with van der Waals surface area (Å²) >= 11 is 0. The molecule has 0 bridgehead atoms. The normalized spacial score (nSPS) is 11.8. The smallest absolute Gasteiger partial charge is 0.240 e. The van der Waals surface area contributed by atoms with Crippen LogP contribution in [0.5, 0.6) is 11.5 Å². The van der Waals surface area contributed by atoms with Gasteiger partial charge in [0.1, 0.15) is 11.5 Å². The standard InChI is InChI=1S/C21H24N4O4/c1-14(16-8-3-5-10-18(16)26)22-24-20(28)12-7-13-21(29)25-23-15(2)17-9-4-6-11-19(17)27/h3-6,8-11,26-27H,7,12-13H2,1-2H3,(H,24,28)(H,25,29)/b22-14+,23-15+. The molecule has 0 saturated heterocycles. The maximum absolute atomic E-state index is 11.9. The summed E-state index contributed by atoms with van der Waals surface area (Å²) in [6.07, 6.45) is 0.564. The molecule has 0 aliphatic carbocycles. The summed E-state index contributed by atoms with van der Waals surface area (Å²) < 4.78 is 0. The third kappa shape index (κ3) is 6.76. The fourth-order valence-corrected chi connectivity index (χ4v) is 2.49. The van der Waals surface area contributed by atoms with Crippen molar-refractivity contribution < 1.29 is 19.8 Å². The Labute approximate surface area is 169 Å². The largest absolute Gasteiger partial charge is 0.507 e. The molecule has 0 aliphatic heterocycles. The Morgan fingerprint density at radius 2 is 1.14 bits per heavy atom. The third-order valence-corrected chi connectivity index (χ3v) is 4.09. The molecule has 0 spiro atoms. The van der Waals surface area contributed by atoms with E-state index in [2.05, 4.69) is 21.1 Å². The van der Waals surface area contributed by atoms with Gasteiger partial charge in [-0.2, -0.15) is 10.2 Å². The van der Waals surface area contributed by atoms with E-state index in [1.807, 2.05) is 0 Å². The number of amides is 2. The highest BCUT2D eigenvalue weighted by molar-refractivity contribution is 6.02. The summed E-state index contributed by atoms with van der Waals surface area (Å²) in [6, 6.07) is 13.4. The predicted octanol–water partition coefficient (Wildman–Crippen LogP) is 2.65. The van der Waals surface area contributed by atoms with E-state index in [0.29, 0.717) is 29.0 Å². The fraction of sp³-hybridized carbons (Fsp3) is 0.238. The summed E-state index contributed by atoms with van der Waals surface area (Å²) in [7, 11) is 0. The van der Waals surface area contributed by atoms with Gasteiger partial charge in [-0.05, 0) is 44.5 Å². The van der Waals surface area contributed by atoms with Crippen LogP contribution in [0.3, 0.4) is 0 Å². The van der Waals surface area contributed by atoms with Crippen molar-refractivity contribution in [1.82, 2.24) is 10.9 Å². The zero-order valence-electron chi connectivity index (χ0n) is 16.3. The van der Waals surface area contributed by atoms with E-state index in [1.165, 1.54) is 12.1 Å². The second-order valence-electron chi connectivity index (χ2n) is 6.35. The average Bonchev–Trinajstić information content (AvgIpc) is 2.71. The summed E-state index contributed by atoms with van der Waals surface area (Å²) in [5.41, 5.74) is 6.84. The number of phenolic OH excluding ortho intramolecular Hbond substituents is 2. The number of hydrogen-bond donors (Lipinski definition) is 4. The second kappa shape index (κ2) is 10.6. The lowest BCUT2D eigenvalue weighted by atomic mass is 10.1. The Kier molecular flexibility index (Phi) is 7.90. The first-order valence-corrected chi connectivity index (χ1v) is 9.11. The van der Waals surface area contributed by atoms with E-state index < -0.39 is 0 Å². The zero-order valence-corrected chi connectivity index (χ0v) is 16.3. The Hall–Kier alpha value is -3.68. The third-order valence-electron chi connectivity index (χ3n) is 4.09. The minimum atomic E-state index is -0.332. The Balaban J connectivity index is 1.75. The maximum atomic E-state index is 11.9. The first-order valence-electron chi connectivity index (χ1n) is 9.11. The van der Waals surface area contributed by atoms with E-state index in [0.717, 1.165) is 0 Å². The van der Waals surface area contributed by atoms with Crippen LogP contribution in [0.1, 0.15) is 44.2 Å². The highest BCUT2D eigenvalue weighted by Gasteiger charge is 2.08. The summed E-state index contributed by atoms with van der Waals surface area (Å²) in [5, 5.41) is 27.5. The van der Waals surface area contributed by atoms with Gasteiger partial charge in [-0.3, -0.25) is 9.59 Å². The van der Waals surface area contributed by atoms with Gasteiger partial charge in [0.25, 0.3) is 0 Å². The molecule has 2 aromatic rings. The van der Waals surface area contributed by atoms with E-state index in [4.69, 9.17) is 0 Å². The monoisotopic (exact) mass is 396 g/mol. The molecule has 0 aromatic heterocycles. The van der Waals surface area contributed by atoms with Gasteiger partial charge in [0.2, 0.25) is 11.8 Å². The number of carbonyl (C=O) groups excluding carboxylic acids is 2. The number of hydrogen-bond acceptors (Lipinski definition) is 6. The molecule has 0 aliphatic rings. The van der Waals surface area contributed by atoms with Crippen molar-refractivity contribution in [1.29, 1.82) is 0 Å². The lowest BCUT2D eigenvalue weighted by Gasteiger charge is -2.05. The molecule has 29 heavy (non-hydrogen) atoms. The van der Waals surface area contributed by atoms with Crippen LogP contribution in [0.4, 0.5) is 0 Å². The topological polar surface area (TPSA) is 123 Å². The Bertz CT molecular complexity index is 862. The van der Waals surface area contributed by atoms with Crippen molar-refractivity contribution in [2.75, 3.05) is 0 Å². The average molecular weight is 396 g/mol. The molecule has 0 atom stereocenters. The fourth-order valence-electron chi connectivity index (χ4n) is 2.49. The molecule has 2 aromatic carbocycles. The Morgan fingerprint density at radius 3 is 1.52 bits per heavy atom. The molecule has 8 heteroatoms. The molecule has 4 N–H and O–H groups in total. The second-order valence-corrected chi connectivity index (χ2v) is 6.35. The van der Waals surface area contributed by atoms with Crippen LogP contribution in [0, 0.1) is 0 Å². The van der Waals surface area contributed by atoms with Crippen LogP contribution >= 0.6 is 0 Å². The van der Waals surface area contributed by atoms with Crippen molar-refractivity contribution in [3.63, 3.8) is 0 Å². The molecule has 0 radical (unpaired) electrons. The number of hydrazone groups is 2. The predicted molar refractivity (Wildman–Crippen MR) is 111 cm³/mol. The molecule has 2 amide bonds. The Morgan fingerprint density at radius 1 is 0.759 bits per heavy atom. The number of carbonyl (C=O) groups is 2. The van der Waals surface area contributed by atoms with Crippen molar-refractivity contribution in [3.8, 4) is 11.5 Å². The number of para-hydroxylation sites is 2. The van der Waals surface area contributed by atoms with E-state index in [9.17, 15) is 19.8 Å². The van der Waals surface area contributed by atoms with Crippen LogP contribution in [-0.4, -0.2) is 33.5 Å². The molecular weight excluding hydrogens is 372 g/mol. The SMILES string of the molecule is C/C(=N\NC(=O)CCCC(=O)N/N=C(\C)c1ccccc1O)c1ccccc1O. The zero-order chi connectivity index (χ0) is 21.2. The molecule has 2 rings (SSSR count). The van der Waals surface area contributed by atoms with Crippen molar-refractivity contribution in [2.24, 2.45) is 10.2 Å². The molecule has 0 fully saturated rings. The number of phenols is 2.